The molecular formula is C20H20N2O4. The summed E-state index contributed by atoms with van der Waals surface area (Å²) >= 11 is 0. The molecule has 2 amide bonds. The molecular weight excluding hydrogens is 332 g/mol. The lowest BCUT2D eigenvalue weighted by molar-refractivity contribution is -0.0357. The summed E-state index contributed by atoms with van der Waals surface area (Å²) in [4.78, 5) is 28.8. The van der Waals surface area contributed by atoms with Crippen molar-refractivity contribution in [3.05, 3.63) is 70.8 Å². The highest BCUT2D eigenvalue weighted by Crippen LogP contribution is 2.36. The quantitative estimate of drug-likeness (QED) is 0.830. The summed E-state index contributed by atoms with van der Waals surface area (Å²) in [5, 5.41) is 0. The summed E-state index contributed by atoms with van der Waals surface area (Å²) in [6, 6.07) is 14.9. The molecule has 2 heterocycles. The van der Waals surface area contributed by atoms with Crippen LogP contribution >= 0.6 is 0 Å². The van der Waals surface area contributed by atoms with Crippen molar-refractivity contribution in [2.24, 2.45) is 0 Å². The van der Waals surface area contributed by atoms with Gasteiger partial charge in [-0.15, -0.1) is 0 Å². The molecule has 2 atom stereocenters. The minimum atomic E-state index is -0.431. The van der Waals surface area contributed by atoms with Crippen molar-refractivity contribution in [1.29, 1.82) is 0 Å². The van der Waals surface area contributed by atoms with Gasteiger partial charge in [0, 0.05) is 49.6 Å². The van der Waals surface area contributed by atoms with Gasteiger partial charge in [0.15, 0.2) is 12.5 Å². The fraction of sp³-hybridized carbons (Fsp3) is 0.300. The van der Waals surface area contributed by atoms with Crippen LogP contribution in [0.4, 0.5) is 0 Å². The van der Waals surface area contributed by atoms with Crippen molar-refractivity contribution in [2.75, 3.05) is 27.3 Å². The third kappa shape index (κ3) is 2.41. The molecule has 0 fully saturated rings. The van der Waals surface area contributed by atoms with Crippen LogP contribution in [0.1, 0.15) is 44.3 Å². The third-order valence-corrected chi connectivity index (χ3v) is 5.03. The Morgan fingerprint density at radius 1 is 0.731 bits per heavy atom. The molecule has 0 radical (unpaired) electrons. The van der Waals surface area contributed by atoms with E-state index in [1.165, 1.54) is 0 Å². The summed E-state index contributed by atoms with van der Waals surface area (Å²) in [7, 11) is 3.17. The number of amides is 2. The molecule has 0 spiro atoms. The molecule has 2 aliphatic rings. The minimum Gasteiger partial charge on any atom is -0.357 e. The third-order valence-electron chi connectivity index (χ3n) is 5.03. The van der Waals surface area contributed by atoms with E-state index >= 15 is 0 Å². The Labute approximate surface area is 151 Å². The maximum Gasteiger partial charge on any atom is 0.256 e. The Balaban J connectivity index is 1.55. The van der Waals surface area contributed by atoms with E-state index < -0.39 is 12.5 Å². The molecule has 6 heteroatoms. The number of benzene rings is 2. The van der Waals surface area contributed by atoms with Gasteiger partial charge >= 0.3 is 0 Å². The SMILES string of the molecule is CO[C@H]1c2ccccc2C(=O)N1CCN1C(=O)c2ccccc2[C@@H]1OC. The number of rotatable bonds is 5. The Kier molecular flexibility index (Phi) is 4.22. The smallest absolute Gasteiger partial charge is 0.256 e. The van der Waals surface area contributed by atoms with Crippen molar-refractivity contribution >= 4 is 11.8 Å². The van der Waals surface area contributed by atoms with E-state index in [4.69, 9.17) is 9.47 Å². The van der Waals surface area contributed by atoms with Gasteiger partial charge in [0.1, 0.15) is 0 Å². The van der Waals surface area contributed by atoms with Gasteiger partial charge in [-0.05, 0) is 12.1 Å². The van der Waals surface area contributed by atoms with Gasteiger partial charge in [-0.25, -0.2) is 0 Å². The number of carbonyl (C=O) groups excluding carboxylic acids is 2. The molecule has 26 heavy (non-hydrogen) atoms. The number of fused-ring (bicyclic) bond motifs is 2. The van der Waals surface area contributed by atoms with Crippen LogP contribution in [0.5, 0.6) is 0 Å². The van der Waals surface area contributed by atoms with Crippen LogP contribution in [-0.4, -0.2) is 48.9 Å². The largest absolute Gasteiger partial charge is 0.357 e. The van der Waals surface area contributed by atoms with Crippen molar-refractivity contribution in [3.63, 3.8) is 0 Å². The molecule has 0 saturated carbocycles. The van der Waals surface area contributed by atoms with Crippen LogP contribution in [0.2, 0.25) is 0 Å². The number of methoxy groups -OCH3 is 2. The zero-order valence-corrected chi connectivity index (χ0v) is 14.7. The van der Waals surface area contributed by atoms with Gasteiger partial charge in [0.2, 0.25) is 0 Å². The molecule has 2 aromatic rings. The Hall–Kier alpha value is -2.70. The number of carbonyl (C=O) groups is 2. The molecule has 0 bridgehead atoms. The summed E-state index contributed by atoms with van der Waals surface area (Å²) < 4.78 is 11.1. The highest BCUT2D eigenvalue weighted by atomic mass is 16.5. The Morgan fingerprint density at radius 3 is 1.50 bits per heavy atom. The second-order valence-electron chi connectivity index (χ2n) is 6.35. The van der Waals surface area contributed by atoms with Crippen LogP contribution in [-0.2, 0) is 9.47 Å². The van der Waals surface area contributed by atoms with Gasteiger partial charge in [0.05, 0.1) is 0 Å². The Morgan fingerprint density at radius 2 is 1.12 bits per heavy atom. The van der Waals surface area contributed by atoms with Gasteiger partial charge in [-0.3, -0.25) is 9.59 Å². The average Bonchev–Trinajstić information content (AvgIpc) is 3.11. The van der Waals surface area contributed by atoms with Crippen LogP contribution in [0.3, 0.4) is 0 Å². The molecule has 0 N–H and O–H groups in total. The summed E-state index contributed by atoms with van der Waals surface area (Å²) in [6.45, 7) is 0.733. The van der Waals surface area contributed by atoms with Crippen LogP contribution in [0, 0.1) is 0 Å². The molecule has 0 saturated heterocycles. The van der Waals surface area contributed by atoms with Crippen molar-refractivity contribution < 1.29 is 19.1 Å². The fourth-order valence-corrected chi connectivity index (χ4v) is 3.83. The molecule has 2 aromatic carbocycles. The number of ether oxygens (including phenoxy) is 2. The van der Waals surface area contributed by atoms with Gasteiger partial charge in [-0.1, -0.05) is 36.4 Å². The maximum absolute atomic E-state index is 12.7. The summed E-state index contributed by atoms with van der Waals surface area (Å²) in [6.07, 6.45) is -0.862. The maximum atomic E-state index is 12.7. The molecule has 4 rings (SSSR count). The van der Waals surface area contributed by atoms with Crippen molar-refractivity contribution in [1.82, 2.24) is 9.80 Å². The predicted molar refractivity (Wildman–Crippen MR) is 94.5 cm³/mol. The second kappa shape index (κ2) is 6.55. The van der Waals surface area contributed by atoms with Crippen molar-refractivity contribution in [3.8, 4) is 0 Å². The van der Waals surface area contributed by atoms with Gasteiger partial charge in [0.25, 0.3) is 11.8 Å². The second-order valence-corrected chi connectivity index (χ2v) is 6.35. The first-order valence-electron chi connectivity index (χ1n) is 8.52. The van der Waals surface area contributed by atoms with E-state index in [-0.39, 0.29) is 11.8 Å². The number of hydrogen-bond donors (Lipinski definition) is 0. The zero-order valence-electron chi connectivity index (χ0n) is 14.7. The van der Waals surface area contributed by atoms with Crippen LogP contribution < -0.4 is 0 Å². The highest BCUT2D eigenvalue weighted by Gasteiger charge is 2.40. The topological polar surface area (TPSA) is 59.1 Å². The highest BCUT2D eigenvalue weighted by molar-refractivity contribution is 6.00. The van der Waals surface area contributed by atoms with Crippen LogP contribution in [0.25, 0.3) is 0 Å². The first-order valence-corrected chi connectivity index (χ1v) is 8.52. The lowest BCUT2D eigenvalue weighted by atomic mass is 10.1. The predicted octanol–water partition coefficient (Wildman–Crippen LogP) is 2.59. The lowest BCUT2D eigenvalue weighted by Crippen LogP contribution is -2.39. The molecule has 6 nitrogen and oxygen atoms in total. The number of nitrogens with zero attached hydrogens (tertiary/aromatic N) is 2. The molecule has 0 unspecified atom stereocenters. The van der Waals surface area contributed by atoms with Gasteiger partial charge in [-0.2, -0.15) is 0 Å². The van der Waals surface area contributed by atoms with E-state index in [2.05, 4.69) is 0 Å². The standard InChI is InChI=1S/C20H20N2O4/c1-25-19-15-9-5-3-7-13(15)17(23)21(19)11-12-22-18(24)14-8-4-6-10-16(14)20(22)26-2/h3-10,19-20H,11-12H2,1-2H3/t19-,20-/m0/s1. The van der Waals surface area contributed by atoms with Gasteiger partial charge < -0.3 is 19.3 Å². The molecule has 134 valence electrons. The normalized spacial score (nSPS) is 21.3. The molecule has 0 aliphatic carbocycles. The average molecular weight is 352 g/mol. The monoisotopic (exact) mass is 352 g/mol. The first kappa shape index (κ1) is 16.8. The fourth-order valence-electron chi connectivity index (χ4n) is 3.83. The van der Waals surface area contributed by atoms with E-state index in [9.17, 15) is 9.59 Å². The van der Waals surface area contributed by atoms with E-state index in [1.54, 1.807) is 36.2 Å². The first-order chi connectivity index (χ1) is 12.7. The zero-order chi connectivity index (χ0) is 18.3. The lowest BCUT2D eigenvalue weighted by Gasteiger charge is -2.29. The van der Waals surface area contributed by atoms with E-state index in [1.807, 2.05) is 36.4 Å². The number of hydrogen-bond acceptors (Lipinski definition) is 4. The summed E-state index contributed by atoms with van der Waals surface area (Å²) in [5.41, 5.74) is 3.02. The van der Waals surface area contributed by atoms with Crippen LogP contribution in [0.15, 0.2) is 48.5 Å². The summed E-state index contributed by atoms with van der Waals surface area (Å²) in [5.74, 6) is -0.156. The van der Waals surface area contributed by atoms with E-state index in [0.29, 0.717) is 24.2 Å². The minimum absolute atomic E-state index is 0.0782. The van der Waals surface area contributed by atoms with Crippen molar-refractivity contribution in [2.45, 2.75) is 12.5 Å². The Bertz CT molecular complexity index is 795. The molecule has 0 aromatic heterocycles. The molecule has 2 aliphatic heterocycles. The van der Waals surface area contributed by atoms with E-state index in [0.717, 1.165) is 11.1 Å².